The van der Waals surface area contributed by atoms with Gasteiger partial charge in [0.2, 0.25) is 0 Å². The van der Waals surface area contributed by atoms with Crippen LogP contribution in [0.2, 0.25) is 5.02 Å². The monoisotopic (exact) mass is 396 g/mol. The first-order valence-corrected chi connectivity index (χ1v) is 7.39. The van der Waals surface area contributed by atoms with E-state index in [1.807, 2.05) is 24.3 Å². The zero-order chi connectivity index (χ0) is 14.3. The molecular weight excluding hydrogens is 387 g/mol. The highest BCUT2D eigenvalue weighted by Gasteiger charge is 2.27. The van der Waals surface area contributed by atoms with Crippen LogP contribution in [0.1, 0.15) is 11.1 Å². The molecule has 5 heteroatoms. The summed E-state index contributed by atoms with van der Waals surface area (Å²) in [6, 6.07) is 13.0. The Morgan fingerprint density at radius 2 is 2.00 bits per heavy atom. The topological polar surface area (TPSA) is 55.1 Å². The molecule has 2 aromatic rings. The summed E-state index contributed by atoms with van der Waals surface area (Å²) in [5, 5.41) is 3.38. The van der Waals surface area contributed by atoms with Crippen LogP contribution in [0.25, 0.3) is 11.3 Å². The average molecular weight is 397 g/mol. The predicted octanol–water partition coefficient (Wildman–Crippen LogP) is 3.72. The third-order valence-electron chi connectivity index (χ3n) is 3.13. The Balaban J connectivity index is 2.21. The lowest BCUT2D eigenvalue weighted by Gasteiger charge is -2.06. The molecule has 3 nitrogen and oxygen atoms in total. The first kappa shape index (κ1) is 13.5. The predicted molar refractivity (Wildman–Crippen MR) is 90.2 cm³/mol. The Morgan fingerprint density at radius 3 is 2.75 bits per heavy atom. The van der Waals surface area contributed by atoms with E-state index in [0.29, 0.717) is 16.3 Å². The number of rotatable bonds is 1. The van der Waals surface area contributed by atoms with E-state index in [2.05, 4.69) is 27.9 Å². The van der Waals surface area contributed by atoms with Gasteiger partial charge in [-0.1, -0.05) is 23.7 Å². The SMILES string of the molecule is N/C(=C1/C(=O)Nc2ccc(Cl)cc21)c1cccc(I)c1. The Hall–Kier alpha value is -1.53. The summed E-state index contributed by atoms with van der Waals surface area (Å²) in [7, 11) is 0. The number of amides is 1. The first-order chi connectivity index (χ1) is 9.56. The lowest BCUT2D eigenvalue weighted by Crippen LogP contribution is -2.09. The number of carbonyl (C=O) groups excluding carboxylic acids is 1. The first-order valence-electron chi connectivity index (χ1n) is 5.93. The van der Waals surface area contributed by atoms with Gasteiger partial charge in [0.15, 0.2) is 0 Å². The molecule has 0 aliphatic carbocycles. The molecule has 0 bridgehead atoms. The van der Waals surface area contributed by atoms with E-state index in [4.69, 9.17) is 17.3 Å². The second kappa shape index (κ2) is 5.10. The van der Waals surface area contributed by atoms with E-state index in [1.54, 1.807) is 18.2 Å². The number of benzene rings is 2. The van der Waals surface area contributed by atoms with Gasteiger partial charge in [-0.25, -0.2) is 0 Å². The van der Waals surface area contributed by atoms with Gasteiger partial charge in [0.1, 0.15) is 0 Å². The number of nitrogens with one attached hydrogen (secondary N) is 1. The second-order valence-corrected chi connectivity index (χ2v) is 6.13. The van der Waals surface area contributed by atoms with Crippen LogP contribution in [0.4, 0.5) is 5.69 Å². The van der Waals surface area contributed by atoms with Crippen molar-refractivity contribution in [3.63, 3.8) is 0 Å². The van der Waals surface area contributed by atoms with Crippen LogP contribution in [0.5, 0.6) is 0 Å². The average Bonchev–Trinajstić information content (AvgIpc) is 2.73. The molecule has 0 saturated carbocycles. The number of hydrogen-bond acceptors (Lipinski definition) is 2. The molecule has 0 saturated heterocycles. The van der Waals surface area contributed by atoms with Gasteiger partial charge < -0.3 is 11.1 Å². The largest absolute Gasteiger partial charge is 0.398 e. The minimum Gasteiger partial charge on any atom is -0.398 e. The van der Waals surface area contributed by atoms with E-state index < -0.39 is 0 Å². The molecule has 1 aliphatic heterocycles. The molecule has 1 aliphatic rings. The molecular formula is C15H10ClIN2O. The number of anilines is 1. The summed E-state index contributed by atoms with van der Waals surface area (Å²) >= 11 is 8.22. The third kappa shape index (κ3) is 2.29. The number of nitrogens with two attached hydrogens (primary N) is 1. The van der Waals surface area contributed by atoms with Crippen LogP contribution >= 0.6 is 34.2 Å². The van der Waals surface area contributed by atoms with E-state index in [9.17, 15) is 4.79 Å². The van der Waals surface area contributed by atoms with E-state index in [-0.39, 0.29) is 5.91 Å². The van der Waals surface area contributed by atoms with Crippen molar-refractivity contribution in [3.8, 4) is 0 Å². The fourth-order valence-electron chi connectivity index (χ4n) is 2.21. The second-order valence-electron chi connectivity index (χ2n) is 4.44. The molecule has 0 fully saturated rings. The van der Waals surface area contributed by atoms with Gasteiger partial charge in [-0.3, -0.25) is 4.79 Å². The summed E-state index contributed by atoms with van der Waals surface area (Å²) in [6.45, 7) is 0. The molecule has 0 radical (unpaired) electrons. The van der Waals surface area contributed by atoms with Crippen LogP contribution in [0.15, 0.2) is 42.5 Å². The van der Waals surface area contributed by atoms with E-state index in [1.165, 1.54) is 0 Å². The molecule has 0 aromatic heterocycles. The highest BCUT2D eigenvalue weighted by atomic mass is 127. The standard InChI is InChI=1S/C15H10ClIN2O/c16-9-4-5-12-11(7-9)13(15(20)19-12)14(18)8-2-1-3-10(17)6-8/h1-7H,18H2,(H,19,20)/b14-13+. The number of halogens is 2. The summed E-state index contributed by atoms with van der Waals surface area (Å²) < 4.78 is 1.06. The Morgan fingerprint density at radius 1 is 1.20 bits per heavy atom. The third-order valence-corrected chi connectivity index (χ3v) is 4.04. The van der Waals surface area contributed by atoms with Gasteiger partial charge in [0.05, 0.1) is 11.3 Å². The van der Waals surface area contributed by atoms with Gasteiger partial charge in [-0.15, -0.1) is 0 Å². The van der Waals surface area contributed by atoms with Crippen molar-refractivity contribution in [2.75, 3.05) is 5.32 Å². The zero-order valence-corrected chi connectivity index (χ0v) is 13.2. The van der Waals surface area contributed by atoms with Crippen molar-refractivity contribution < 1.29 is 4.79 Å². The molecule has 0 unspecified atom stereocenters. The lowest BCUT2D eigenvalue weighted by molar-refractivity contribution is -0.110. The highest BCUT2D eigenvalue weighted by Crippen LogP contribution is 2.36. The summed E-state index contributed by atoms with van der Waals surface area (Å²) in [6.07, 6.45) is 0. The summed E-state index contributed by atoms with van der Waals surface area (Å²) in [5.41, 5.74) is 9.45. The maximum absolute atomic E-state index is 12.1. The molecule has 3 N–H and O–H groups in total. The minimum absolute atomic E-state index is 0.196. The molecule has 0 atom stereocenters. The molecule has 1 amide bonds. The highest BCUT2D eigenvalue weighted by molar-refractivity contribution is 14.1. The number of fused-ring (bicyclic) bond motifs is 1. The lowest BCUT2D eigenvalue weighted by atomic mass is 10.0. The van der Waals surface area contributed by atoms with Crippen LogP contribution in [-0.2, 0) is 4.79 Å². The number of hydrogen-bond donors (Lipinski definition) is 2. The summed E-state index contributed by atoms with van der Waals surface area (Å²) in [4.78, 5) is 12.1. The smallest absolute Gasteiger partial charge is 0.258 e. The molecule has 1 heterocycles. The maximum Gasteiger partial charge on any atom is 0.258 e. The van der Waals surface area contributed by atoms with Gasteiger partial charge in [0, 0.05) is 19.8 Å². The molecule has 3 rings (SSSR count). The van der Waals surface area contributed by atoms with Crippen molar-refractivity contribution in [3.05, 3.63) is 62.2 Å². The fraction of sp³-hybridized carbons (Fsp3) is 0. The van der Waals surface area contributed by atoms with Crippen molar-refractivity contribution in [2.45, 2.75) is 0 Å². The Bertz CT molecular complexity index is 755. The van der Waals surface area contributed by atoms with Gasteiger partial charge in [-0.2, -0.15) is 0 Å². The van der Waals surface area contributed by atoms with Crippen molar-refractivity contribution in [1.82, 2.24) is 0 Å². The molecule has 20 heavy (non-hydrogen) atoms. The molecule has 0 spiro atoms. The van der Waals surface area contributed by atoms with Crippen LogP contribution in [0, 0.1) is 3.57 Å². The van der Waals surface area contributed by atoms with E-state index in [0.717, 1.165) is 20.4 Å². The van der Waals surface area contributed by atoms with Crippen LogP contribution < -0.4 is 11.1 Å². The van der Waals surface area contributed by atoms with Gasteiger partial charge >= 0.3 is 0 Å². The zero-order valence-electron chi connectivity index (χ0n) is 10.3. The van der Waals surface area contributed by atoms with Crippen molar-refractivity contribution in [1.29, 1.82) is 0 Å². The van der Waals surface area contributed by atoms with Crippen molar-refractivity contribution >= 4 is 57.1 Å². The Labute approximate surface area is 135 Å². The van der Waals surface area contributed by atoms with Gasteiger partial charge in [0.25, 0.3) is 5.91 Å². The summed E-state index contributed by atoms with van der Waals surface area (Å²) in [5.74, 6) is -0.196. The molecule has 2 aromatic carbocycles. The van der Waals surface area contributed by atoms with E-state index >= 15 is 0 Å². The normalized spacial score (nSPS) is 15.8. The number of carbonyl (C=O) groups is 1. The van der Waals surface area contributed by atoms with Gasteiger partial charge in [-0.05, 0) is 58.5 Å². The quantitative estimate of drug-likeness (QED) is 0.570. The van der Waals surface area contributed by atoms with Crippen molar-refractivity contribution in [2.24, 2.45) is 5.73 Å². The molecule has 100 valence electrons. The maximum atomic E-state index is 12.1. The minimum atomic E-state index is -0.196. The fourth-order valence-corrected chi connectivity index (χ4v) is 2.92. The Kier molecular flexibility index (Phi) is 3.43. The van der Waals surface area contributed by atoms with Crippen LogP contribution in [-0.4, -0.2) is 5.91 Å². The van der Waals surface area contributed by atoms with Crippen LogP contribution in [0.3, 0.4) is 0 Å².